The molecule has 0 bridgehead atoms. The predicted octanol–water partition coefficient (Wildman–Crippen LogP) is 1.99. The molecule has 92 valence electrons. The van der Waals surface area contributed by atoms with E-state index in [1.807, 2.05) is 0 Å². The molecule has 0 fully saturated rings. The number of carbonyl (C=O) groups excluding carboxylic acids is 1. The first-order valence-corrected chi connectivity index (χ1v) is 6.91. The first kappa shape index (κ1) is 13.4. The Kier molecular flexibility index (Phi) is 4.45. The topological polar surface area (TPSA) is 63.2 Å². The molecule has 1 rings (SSSR count). The minimum Gasteiger partial charge on any atom is -0.323 e. The lowest BCUT2D eigenvalue weighted by Gasteiger charge is -2.04. The summed E-state index contributed by atoms with van der Waals surface area (Å²) in [6, 6.07) is 6.13. The predicted molar refractivity (Wildman–Crippen MR) is 67.6 cm³/mol. The highest BCUT2D eigenvalue weighted by atomic mass is 32.2. The molecule has 0 radical (unpaired) electrons. The Balaban J connectivity index is 2.86. The number of carbonyl (C=O) groups is 1. The molecule has 0 spiro atoms. The number of nitrogens with one attached hydrogen (secondary N) is 1. The van der Waals surface area contributed by atoms with Crippen LogP contribution in [0.2, 0.25) is 0 Å². The molecule has 0 aliphatic heterocycles. The fourth-order valence-electron chi connectivity index (χ4n) is 1.25. The third-order valence-electron chi connectivity index (χ3n) is 2.18. The Morgan fingerprint density at radius 2 is 1.88 bits per heavy atom. The molecule has 4 nitrogen and oxygen atoms in total. The highest BCUT2D eigenvalue weighted by Crippen LogP contribution is 2.15. The second-order valence-corrected chi connectivity index (χ2v) is 5.70. The summed E-state index contributed by atoms with van der Waals surface area (Å²) in [4.78, 5) is 11.5. The first-order valence-electron chi connectivity index (χ1n) is 5.26. The smallest absolute Gasteiger partial charge is 0.248 e. The largest absolute Gasteiger partial charge is 0.323 e. The summed E-state index contributed by atoms with van der Waals surface area (Å²) < 4.78 is 23.1. The van der Waals surface area contributed by atoms with Gasteiger partial charge in [0.1, 0.15) is 0 Å². The van der Waals surface area contributed by atoms with Crippen molar-refractivity contribution in [3.63, 3.8) is 0 Å². The molecule has 0 aromatic heterocycles. The van der Waals surface area contributed by atoms with Gasteiger partial charge in [-0.2, -0.15) is 0 Å². The third kappa shape index (κ3) is 3.71. The number of rotatable bonds is 4. The second-order valence-electron chi connectivity index (χ2n) is 3.42. The number of benzene rings is 1. The molecule has 1 aromatic rings. The monoisotopic (exact) mass is 253 g/mol. The lowest BCUT2D eigenvalue weighted by atomic mass is 10.3. The standard InChI is InChI=1S/C12H15NO3S/c1-3-5-12(14)13-10-6-8-11(9-7-10)17(15,16)4-2/h3,5-9H,4H2,1-2H3,(H,13,14). The molecule has 0 heterocycles. The van der Waals surface area contributed by atoms with Gasteiger partial charge in [-0.3, -0.25) is 4.79 Å². The molecule has 0 aliphatic rings. The van der Waals surface area contributed by atoms with Crippen LogP contribution in [0.4, 0.5) is 5.69 Å². The van der Waals surface area contributed by atoms with Crippen LogP contribution in [-0.2, 0) is 14.6 Å². The Morgan fingerprint density at radius 3 is 2.35 bits per heavy atom. The minimum atomic E-state index is -3.18. The van der Waals surface area contributed by atoms with E-state index in [0.717, 1.165) is 0 Å². The molecular weight excluding hydrogens is 238 g/mol. The minimum absolute atomic E-state index is 0.0667. The molecule has 0 aliphatic carbocycles. The van der Waals surface area contributed by atoms with Crippen molar-refractivity contribution in [1.29, 1.82) is 0 Å². The maximum atomic E-state index is 11.5. The van der Waals surface area contributed by atoms with E-state index in [-0.39, 0.29) is 16.6 Å². The zero-order valence-corrected chi connectivity index (χ0v) is 10.6. The summed E-state index contributed by atoms with van der Waals surface area (Å²) in [6.07, 6.45) is 3.03. The van der Waals surface area contributed by atoms with E-state index in [9.17, 15) is 13.2 Å². The lowest BCUT2D eigenvalue weighted by Crippen LogP contribution is -2.08. The second kappa shape index (κ2) is 5.63. The van der Waals surface area contributed by atoms with Crippen LogP contribution in [0, 0.1) is 0 Å². The molecule has 17 heavy (non-hydrogen) atoms. The number of allylic oxidation sites excluding steroid dienone is 1. The van der Waals surface area contributed by atoms with Crippen LogP contribution in [0.5, 0.6) is 0 Å². The highest BCUT2D eigenvalue weighted by Gasteiger charge is 2.10. The van der Waals surface area contributed by atoms with Crippen LogP contribution in [0.25, 0.3) is 0 Å². The van der Waals surface area contributed by atoms with Crippen molar-refractivity contribution in [2.45, 2.75) is 18.7 Å². The molecule has 1 amide bonds. The quantitative estimate of drug-likeness (QED) is 0.835. The Morgan fingerprint density at radius 1 is 1.29 bits per heavy atom. The van der Waals surface area contributed by atoms with Gasteiger partial charge in [-0.15, -0.1) is 0 Å². The summed E-state index contributed by atoms with van der Waals surface area (Å²) in [7, 11) is -3.18. The fraction of sp³-hybridized carbons (Fsp3) is 0.250. The molecule has 5 heteroatoms. The maximum Gasteiger partial charge on any atom is 0.248 e. The van der Waals surface area contributed by atoms with E-state index < -0.39 is 9.84 Å². The molecule has 1 aromatic carbocycles. The van der Waals surface area contributed by atoms with Crippen molar-refractivity contribution in [2.75, 3.05) is 11.1 Å². The van der Waals surface area contributed by atoms with E-state index in [2.05, 4.69) is 5.32 Å². The molecule has 0 unspecified atom stereocenters. The van der Waals surface area contributed by atoms with Crippen LogP contribution in [0.15, 0.2) is 41.3 Å². The summed E-state index contributed by atoms with van der Waals surface area (Å²) in [5, 5.41) is 2.62. The molecule has 1 N–H and O–H groups in total. The average Bonchev–Trinajstić information content (AvgIpc) is 2.30. The fourth-order valence-corrected chi connectivity index (χ4v) is 2.13. The maximum absolute atomic E-state index is 11.5. The van der Waals surface area contributed by atoms with Gasteiger partial charge in [0.05, 0.1) is 10.6 Å². The first-order chi connectivity index (χ1) is 7.99. The summed E-state index contributed by atoms with van der Waals surface area (Å²) >= 11 is 0. The van der Waals surface area contributed by atoms with E-state index >= 15 is 0 Å². The van der Waals surface area contributed by atoms with Crippen LogP contribution < -0.4 is 5.32 Å². The third-order valence-corrected chi connectivity index (χ3v) is 3.93. The Hall–Kier alpha value is -1.62. The Bertz CT molecular complexity index is 515. The van der Waals surface area contributed by atoms with Crippen LogP contribution in [-0.4, -0.2) is 20.1 Å². The summed E-state index contributed by atoms with van der Waals surface area (Å²) in [6.45, 7) is 3.34. The Labute approximate surface area is 101 Å². The van der Waals surface area contributed by atoms with Crippen LogP contribution in [0.1, 0.15) is 13.8 Å². The van der Waals surface area contributed by atoms with Crippen molar-refractivity contribution < 1.29 is 13.2 Å². The molecule has 0 atom stereocenters. The van der Waals surface area contributed by atoms with Gasteiger partial charge in [-0.1, -0.05) is 13.0 Å². The van der Waals surface area contributed by atoms with Gasteiger partial charge >= 0.3 is 0 Å². The van der Waals surface area contributed by atoms with Gasteiger partial charge in [0.15, 0.2) is 9.84 Å². The van der Waals surface area contributed by atoms with Crippen molar-refractivity contribution in [2.24, 2.45) is 0 Å². The zero-order chi connectivity index (χ0) is 12.9. The van der Waals surface area contributed by atoms with E-state index in [1.165, 1.54) is 18.2 Å². The van der Waals surface area contributed by atoms with Crippen molar-refractivity contribution in [1.82, 2.24) is 0 Å². The zero-order valence-electron chi connectivity index (χ0n) is 9.80. The highest BCUT2D eigenvalue weighted by molar-refractivity contribution is 7.91. The van der Waals surface area contributed by atoms with Crippen LogP contribution in [0.3, 0.4) is 0 Å². The number of sulfone groups is 1. The molecule has 0 saturated heterocycles. The summed E-state index contributed by atoms with van der Waals surface area (Å²) in [5.74, 6) is -0.171. The van der Waals surface area contributed by atoms with Crippen molar-refractivity contribution in [3.8, 4) is 0 Å². The van der Waals surface area contributed by atoms with Gasteiger partial charge < -0.3 is 5.32 Å². The normalized spacial score (nSPS) is 11.6. The number of hydrogen-bond donors (Lipinski definition) is 1. The van der Waals surface area contributed by atoms with Gasteiger partial charge in [0, 0.05) is 5.69 Å². The number of amides is 1. The number of anilines is 1. The number of hydrogen-bond acceptors (Lipinski definition) is 3. The van der Waals surface area contributed by atoms with Gasteiger partial charge in [-0.05, 0) is 37.3 Å². The van der Waals surface area contributed by atoms with Crippen LogP contribution >= 0.6 is 0 Å². The van der Waals surface area contributed by atoms with Crippen molar-refractivity contribution in [3.05, 3.63) is 36.4 Å². The molecule has 0 saturated carbocycles. The van der Waals surface area contributed by atoms with Crippen molar-refractivity contribution >= 4 is 21.4 Å². The average molecular weight is 253 g/mol. The van der Waals surface area contributed by atoms with E-state index in [4.69, 9.17) is 0 Å². The van der Waals surface area contributed by atoms with E-state index in [1.54, 1.807) is 32.1 Å². The van der Waals surface area contributed by atoms with E-state index in [0.29, 0.717) is 5.69 Å². The molecular formula is C12H15NO3S. The summed E-state index contributed by atoms with van der Waals surface area (Å²) in [5.41, 5.74) is 0.572. The SMILES string of the molecule is CC=CC(=O)Nc1ccc(S(=O)(=O)CC)cc1. The van der Waals surface area contributed by atoms with Gasteiger partial charge in [-0.25, -0.2) is 8.42 Å². The van der Waals surface area contributed by atoms with Gasteiger partial charge in [0.2, 0.25) is 5.91 Å². The van der Waals surface area contributed by atoms with Gasteiger partial charge in [0.25, 0.3) is 0 Å². The lowest BCUT2D eigenvalue weighted by molar-refractivity contribution is -0.111.